The van der Waals surface area contributed by atoms with E-state index in [2.05, 4.69) is 10.3 Å². The number of H-pyrrole nitrogens is 1. The fourth-order valence-corrected chi connectivity index (χ4v) is 6.08. The molecule has 1 atom stereocenters. The van der Waals surface area contributed by atoms with Crippen LogP contribution in [0.5, 0.6) is 5.75 Å². The van der Waals surface area contributed by atoms with Crippen LogP contribution in [-0.4, -0.2) is 57.1 Å². The van der Waals surface area contributed by atoms with E-state index in [9.17, 15) is 19.5 Å². The highest BCUT2D eigenvalue weighted by atomic mass is 32.1. The molecule has 9 nitrogen and oxygen atoms in total. The highest BCUT2D eigenvalue weighted by Gasteiger charge is 2.32. The lowest BCUT2D eigenvalue weighted by Gasteiger charge is -2.21. The Labute approximate surface area is 213 Å². The van der Waals surface area contributed by atoms with E-state index in [1.165, 1.54) is 15.9 Å². The molecule has 2 amide bonds. The number of fused-ring (bicyclic) bond motifs is 1. The van der Waals surface area contributed by atoms with E-state index in [1.807, 2.05) is 6.92 Å². The van der Waals surface area contributed by atoms with Crippen molar-refractivity contribution in [2.45, 2.75) is 64.1 Å². The number of likely N-dealkylation sites (N-methyl/N-ethyl adjacent to an activating group) is 1. The second kappa shape index (κ2) is 8.77. The van der Waals surface area contributed by atoms with Crippen LogP contribution in [-0.2, 0) is 17.4 Å². The predicted molar refractivity (Wildman–Crippen MR) is 139 cm³/mol. The molecule has 2 fully saturated rings. The summed E-state index contributed by atoms with van der Waals surface area (Å²) in [5, 5.41) is 14.5. The number of rotatable bonds is 7. The Hall–Kier alpha value is -3.11. The van der Waals surface area contributed by atoms with E-state index in [0.717, 1.165) is 40.1 Å². The van der Waals surface area contributed by atoms with Crippen LogP contribution in [0.15, 0.2) is 17.1 Å². The molecule has 4 heterocycles. The number of carbonyl (C=O) groups excluding carboxylic acids is 2. The fourth-order valence-electron chi connectivity index (χ4n) is 4.80. The van der Waals surface area contributed by atoms with Gasteiger partial charge in [-0.05, 0) is 46.1 Å². The Morgan fingerprint density at radius 3 is 2.61 bits per heavy atom. The molecule has 1 aliphatic heterocycles. The number of aromatic nitrogens is 2. The fraction of sp³-hybridized carbons (Fsp3) is 0.500. The van der Waals surface area contributed by atoms with Crippen molar-refractivity contribution in [1.29, 1.82) is 0 Å². The summed E-state index contributed by atoms with van der Waals surface area (Å²) < 4.78 is 7.85. The molecule has 3 N–H and O–H groups in total. The van der Waals surface area contributed by atoms with Gasteiger partial charge >= 0.3 is 0 Å². The molecular formula is C26H32N4O5S. The molecule has 36 heavy (non-hydrogen) atoms. The Bertz CT molecular complexity index is 1420. The van der Waals surface area contributed by atoms with Gasteiger partial charge in [0.1, 0.15) is 23.6 Å². The van der Waals surface area contributed by atoms with Crippen LogP contribution in [0, 0.1) is 6.92 Å². The number of carbonyl (C=O) groups is 2. The minimum absolute atomic E-state index is 0.0274. The summed E-state index contributed by atoms with van der Waals surface area (Å²) in [6.45, 7) is 5.71. The van der Waals surface area contributed by atoms with Gasteiger partial charge in [-0.1, -0.05) is 0 Å². The third-order valence-corrected chi connectivity index (χ3v) is 8.69. The maximum atomic E-state index is 13.0. The van der Waals surface area contributed by atoms with E-state index in [1.54, 1.807) is 45.1 Å². The summed E-state index contributed by atoms with van der Waals surface area (Å²) >= 11 is 1.41. The largest absolute Gasteiger partial charge is 0.490 e. The SMILES string of the molecule is Cc1c(C(C)(C)O)sc(-c2cn(C)c(=O)c3[nH]c(C(=O)NC4CC4)cc23)c1OCC1CCC(=O)N1C. The molecule has 1 saturated carbocycles. The molecule has 1 saturated heterocycles. The summed E-state index contributed by atoms with van der Waals surface area (Å²) in [7, 11) is 3.46. The molecule has 192 valence electrons. The maximum absolute atomic E-state index is 13.0. The number of pyridine rings is 1. The van der Waals surface area contributed by atoms with Crippen molar-refractivity contribution < 1.29 is 19.4 Å². The van der Waals surface area contributed by atoms with Gasteiger partial charge in [-0.25, -0.2) is 0 Å². The standard InChI is InChI=1S/C26H32N4O5S/c1-13-21(35-12-15-8-9-19(31)30(15)5)22(36-23(13)26(2,3)34)17-11-29(4)25(33)20-16(17)10-18(28-20)24(32)27-14-6-7-14/h10-11,14-15,28,34H,6-9,12H2,1-5H3,(H,27,32). The van der Waals surface area contributed by atoms with Crippen molar-refractivity contribution in [3.05, 3.63) is 38.8 Å². The maximum Gasteiger partial charge on any atom is 0.274 e. The Morgan fingerprint density at radius 2 is 2.00 bits per heavy atom. The third kappa shape index (κ3) is 4.32. The van der Waals surface area contributed by atoms with Crippen molar-refractivity contribution in [2.24, 2.45) is 7.05 Å². The molecule has 0 bridgehead atoms. The zero-order valence-corrected chi connectivity index (χ0v) is 22.0. The zero-order valence-electron chi connectivity index (χ0n) is 21.2. The van der Waals surface area contributed by atoms with Crippen molar-refractivity contribution in [2.75, 3.05) is 13.7 Å². The molecule has 3 aromatic heterocycles. The molecule has 10 heteroatoms. The highest BCUT2D eigenvalue weighted by Crippen LogP contribution is 2.47. The predicted octanol–water partition coefficient (Wildman–Crippen LogP) is 3.02. The zero-order chi connectivity index (χ0) is 25.9. The second-order valence-electron chi connectivity index (χ2n) is 10.5. The topological polar surface area (TPSA) is 117 Å². The monoisotopic (exact) mass is 512 g/mol. The van der Waals surface area contributed by atoms with Crippen molar-refractivity contribution in [3.63, 3.8) is 0 Å². The minimum atomic E-state index is -1.10. The normalized spacial score (nSPS) is 18.3. The van der Waals surface area contributed by atoms with Crippen LogP contribution in [0.3, 0.4) is 0 Å². The lowest BCUT2D eigenvalue weighted by Crippen LogP contribution is -2.33. The first kappa shape index (κ1) is 24.6. The first-order valence-electron chi connectivity index (χ1n) is 12.2. The quantitative estimate of drug-likeness (QED) is 0.450. The summed E-state index contributed by atoms with van der Waals surface area (Å²) in [6.07, 6.45) is 4.92. The van der Waals surface area contributed by atoms with Crippen LogP contribution >= 0.6 is 11.3 Å². The van der Waals surface area contributed by atoms with Gasteiger partial charge in [-0.2, -0.15) is 0 Å². The first-order chi connectivity index (χ1) is 17.0. The van der Waals surface area contributed by atoms with E-state index >= 15 is 0 Å². The van der Waals surface area contributed by atoms with Gasteiger partial charge in [-0.3, -0.25) is 14.4 Å². The van der Waals surface area contributed by atoms with E-state index in [0.29, 0.717) is 35.4 Å². The van der Waals surface area contributed by atoms with Crippen LogP contribution in [0.2, 0.25) is 0 Å². The van der Waals surface area contributed by atoms with Gasteiger partial charge in [0.25, 0.3) is 11.5 Å². The molecule has 0 radical (unpaired) electrons. The smallest absolute Gasteiger partial charge is 0.274 e. The Kier molecular flexibility index (Phi) is 5.99. The molecule has 3 aromatic rings. The third-order valence-electron chi connectivity index (χ3n) is 7.07. The highest BCUT2D eigenvalue weighted by molar-refractivity contribution is 7.16. The number of hydrogen-bond acceptors (Lipinski definition) is 6. The number of aromatic amines is 1. The summed E-state index contributed by atoms with van der Waals surface area (Å²) in [5.74, 6) is 0.494. The number of ether oxygens (including phenoxy) is 1. The molecule has 1 aliphatic carbocycles. The average molecular weight is 513 g/mol. The van der Waals surface area contributed by atoms with Crippen molar-refractivity contribution in [1.82, 2.24) is 19.8 Å². The Morgan fingerprint density at radius 1 is 1.28 bits per heavy atom. The van der Waals surface area contributed by atoms with Crippen LogP contribution < -0.4 is 15.6 Å². The van der Waals surface area contributed by atoms with Crippen LogP contribution in [0.4, 0.5) is 0 Å². The Balaban J connectivity index is 1.62. The summed E-state index contributed by atoms with van der Waals surface area (Å²) in [6, 6.07) is 1.89. The first-order valence-corrected chi connectivity index (χ1v) is 13.1. The van der Waals surface area contributed by atoms with Crippen LogP contribution in [0.1, 0.15) is 60.5 Å². The van der Waals surface area contributed by atoms with Crippen LogP contribution in [0.25, 0.3) is 21.3 Å². The molecule has 0 aromatic carbocycles. The lowest BCUT2D eigenvalue weighted by atomic mass is 10.0. The number of likely N-dealkylation sites (tertiary alicyclic amines) is 1. The second-order valence-corrected chi connectivity index (χ2v) is 11.5. The van der Waals surface area contributed by atoms with Crippen molar-refractivity contribution in [3.8, 4) is 16.2 Å². The summed E-state index contributed by atoms with van der Waals surface area (Å²) in [4.78, 5) is 44.0. The number of hydrogen-bond donors (Lipinski definition) is 3. The number of amides is 2. The molecule has 1 unspecified atom stereocenters. The van der Waals surface area contributed by atoms with Crippen molar-refractivity contribution >= 4 is 34.1 Å². The number of thiophene rings is 1. The van der Waals surface area contributed by atoms with E-state index in [4.69, 9.17) is 4.74 Å². The van der Waals surface area contributed by atoms with Gasteiger partial charge in [0.15, 0.2) is 0 Å². The van der Waals surface area contributed by atoms with E-state index in [-0.39, 0.29) is 29.5 Å². The summed E-state index contributed by atoms with van der Waals surface area (Å²) in [5.41, 5.74) is 0.911. The minimum Gasteiger partial charge on any atom is -0.490 e. The molecular weight excluding hydrogens is 480 g/mol. The van der Waals surface area contributed by atoms with Gasteiger partial charge in [0, 0.05) is 54.1 Å². The number of nitrogens with zero attached hydrogens (tertiary/aromatic N) is 2. The van der Waals surface area contributed by atoms with Gasteiger partial charge < -0.3 is 29.6 Å². The lowest BCUT2D eigenvalue weighted by molar-refractivity contribution is -0.127. The molecule has 0 spiro atoms. The van der Waals surface area contributed by atoms with Gasteiger partial charge in [0.05, 0.1) is 16.5 Å². The van der Waals surface area contributed by atoms with Gasteiger partial charge in [0.2, 0.25) is 5.91 Å². The average Bonchev–Trinajstić information content (AvgIpc) is 3.26. The van der Waals surface area contributed by atoms with Gasteiger partial charge in [-0.15, -0.1) is 11.3 Å². The number of aryl methyl sites for hydroxylation is 1. The molecule has 5 rings (SSSR count). The number of nitrogens with one attached hydrogen (secondary N) is 2. The van der Waals surface area contributed by atoms with E-state index < -0.39 is 5.60 Å². The molecule has 2 aliphatic rings. The number of aliphatic hydroxyl groups is 1.